The van der Waals surface area contributed by atoms with Gasteiger partial charge in [0, 0.05) is 44.0 Å². The molecule has 2 aromatic carbocycles. The largest absolute Gasteiger partial charge is 0.497 e. The van der Waals surface area contributed by atoms with Gasteiger partial charge in [0.05, 0.1) is 36.1 Å². The monoisotopic (exact) mass is 565 g/mol. The van der Waals surface area contributed by atoms with Crippen molar-refractivity contribution in [2.24, 2.45) is 0 Å². The Morgan fingerprint density at radius 3 is 2.63 bits per heavy atom. The summed E-state index contributed by atoms with van der Waals surface area (Å²) in [4.78, 5) is 40.1. The summed E-state index contributed by atoms with van der Waals surface area (Å²) < 4.78 is 38.5. The zero-order valence-electron chi connectivity index (χ0n) is 22.4. The molecule has 1 aromatic heterocycles. The molecule has 3 aromatic rings. The van der Waals surface area contributed by atoms with Crippen LogP contribution in [0.1, 0.15) is 52.7 Å². The third kappa shape index (κ3) is 4.76. The smallest absolute Gasteiger partial charge is 0.255 e. The molecule has 214 valence electrons. The van der Waals surface area contributed by atoms with Crippen LogP contribution in [0.15, 0.2) is 42.7 Å². The van der Waals surface area contributed by atoms with E-state index in [0.29, 0.717) is 25.4 Å². The number of aromatic nitrogens is 2. The first-order valence-corrected chi connectivity index (χ1v) is 13.5. The van der Waals surface area contributed by atoms with Crippen molar-refractivity contribution in [2.75, 3.05) is 20.2 Å². The van der Waals surface area contributed by atoms with Gasteiger partial charge in [-0.25, -0.2) is 13.5 Å². The minimum atomic E-state index is -1.77. The minimum Gasteiger partial charge on any atom is -0.497 e. The lowest BCUT2D eigenvalue weighted by Gasteiger charge is -2.39. The lowest BCUT2D eigenvalue weighted by Crippen LogP contribution is -2.52. The molecule has 0 aliphatic carbocycles. The molecule has 3 amide bonds. The quantitative estimate of drug-likeness (QED) is 0.441. The number of ether oxygens (including phenoxy) is 1. The second-order valence-corrected chi connectivity index (χ2v) is 10.7. The fraction of sp³-hybridized carbons (Fsp3) is 0.379. The number of hydrogen-bond acceptors (Lipinski definition) is 7. The third-order valence-electron chi connectivity index (χ3n) is 8.31. The molecule has 2 N–H and O–H groups in total. The highest BCUT2D eigenvalue weighted by Gasteiger charge is 2.45. The van der Waals surface area contributed by atoms with Crippen molar-refractivity contribution in [3.8, 4) is 11.4 Å². The number of rotatable bonds is 6. The molecule has 3 aliphatic heterocycles. The highest BCUT2D eigenvalue weighted by Crippen LogP contribution is 2.41. The van der Waals surface area contributed by atoms with Crippen LogP contribution in [0.2, 0.25) is 0 Å². The molecule has 6 rings (SSSR count). The Bertz CT molecular complexity index is 1530. The predicted octanol–water partition coefficient (Wildman–Crippen LogP) is 2.40. The number of likely N-dealkylation sites (tertiary alicyclic amines) is 1. The van der Waals surface area contributed by atoms with Crippen molar-refractivity contribution in [1.82, 2.24) is 24.9 Å². The molecule has 0 bridgehead atoms. The molecule has 1 unspecified atom stereocenters. The second kappa shape index (κ2) is 10.3. The SMILES string of the molecule is COc1ccc(-n2cccn2)c(CN2CCC(O)(c3c(F)cc4c(c3F)CN(C3CCC(=O)NC3=O)C4=O)CC2)c1. The number of benzene rings is 2. The fourth-order valence-corrected chi connectivity index (χ4v) is 6.08. The van der Waals surface area contributed by atoms with Gasteiger partial charge < -0.3 is 14.7 Å². The minimum absolute atomic E-state index is 0.0489. The molecule has 1 atom stereocenters. The number of carbonyl (C=O) groups is 3. The number of fused-ring (bicyclic) bond motifs is 1. The lowest BCUT2D eigenvalue weighted by atomic mass is 9.82. The zero-order valence-corrected chi connectivity index (χ0v) is 22.4. The molecule has 2 fully saturated rings. The van der Waals surface area contributed by atoms with Gasteiger partial charge in [-0.2, -0.15) is 5.10 Å². The van der Waals surface area contributed by atoms with Crippen LogP contribution >= 0.6 is 0 Å². The molecule has 41 heavy (non-hydrogen) atoms. The molecule has 2 saturated heterocycles. The number of methoxy groups -OCH3 is 1. The maximum Gasteiger partial charge on any atom is 0.255 e. The highest BCUT2D eigenvalue weighted by atomic mass is 19.1. The van der Waals surface area contributed by atoms with Crippen molar-refractivity contribution < 1.29 is 33.0 Å². The molecule has 4 heterocycles. The van der Waals surface area contributed by atoms with Crippen LogP contribution in [0.4, 0.5) is 8.78 Å². The van der Waals surface area contributed by atoms with E-state index in [4.69, 9.17) is 4.74 Å². The van der Waals surface area contributed by atoms with Gasteiger partial charge in [0.2, 0.25) is 11.8 Å². The topological polar surface area (TPSA) is 117 Å². The number of aliphatic hydroxyl groups is 1. The predicted molar refractivity (Wildman–Crippen MR) is 141 cm³/mol. The number of nitrogens with zero attached hydrogens (tertiary/aromatic N) is 4. The van der Waals surface area contributed by atoms with Gasteiger partial charge in [-0.3, -0.25) is 24.6 Å². The maximum absolute atomic E-state index is 15.9. The Morgan fingerprint density at radius 1 is 1.17 bits per heavy atom. The van der Waals surface area contributed by atoms with E-state index in [9.17, 15) is 19.5 Å². The van der Waals surface area contributed by atoms with Gasteiger partial charge in [0.15, 0.2) is 0 Å². The molecule has 3 aliphatic rings. The van der Waals surface area contributed by atoms with Crippen LogP contribution in [0.25, 0.3) is 5.69 Å². The average molecular weight is 566 g/mol. The third-order valence-corrected chi connectivity index (χ3v) is 8.31. The van der Waals surface area contributed by atoms with Crippen LogP contribution in [0.5, 0.6) is 5.75 Å². The fourth-order valence-electron chi connectivity index (χ4n) is 6.08. The molecule has 12 heteroatoms. The van der Waals surface area contributed by atoms with E-state index in [2.05, 4.69) is 15.3 Å². The normalized spacial score (nSPS) is 20.7. The number of carbonyl (C=O) groups excluding carboxylic acids is 3. The Kier molecular flexibility index (Phi) is 6.82. The molecular formula is C29H29F2N5O5. The van der Waals surface area contributed by atoms with Crippen LogP contribution in [-0.2, 0) is 28.3 Å². The van der Waals surface area contributed by atoms with E-state index in [1.165, 1.54) is 0 Å². The number of amides is 3. The summed E-state index contributed by atoms with van der Waals surface area (Å²) in [6.07, 6.45) is 3.83. The van der Waals surface area contributed by atoms with Crippen molar-refractivity contribution in [1.29, 1.82) is 0 Å². The number of piperidine rings is 2. The summed E-state index contributed by atoms with van der Waals surface area (Å²) in [5, 5.41) is 18.0. The van der Waals surface area contributed by atoms with E-state index in [-0.39, 0.29) is 43.4 Å². The van der Waals surface area contributed by atoms with Gasteiger partial charge >= 0.3 is 0 Å². The number of hydrogen-bond donors (Lipinski definition) is 2. The molecule has 0 radical (unpaired) electrons. The first-order valence-electron chi connectivity index (χ1n) is 13.5. The summed E-state index contributed by atoms with van der Waals surface area (Å²) in [6.45, 7) is 0.994. The number of nitrogens with one attached hydrogen (secondary N) is 1. The average Bonchev–Trinajstić information content (AvgIpc) is 3.59. The number of halogens is 2. The van der Waals surface area contributed by atoms with Gasteiger partial charge in [-0.1, -0.05) is 0 Å². The Balaban J connectivity index is 1.21. The highest BCUT2D eigenvalue weighted by molar-refractivity contribution is 6.05. The van der Waals surface area contributed by atoms with Crippen molar-refractivity contribution in [3.63, 3.8) is 0 Å². The Labute approximate surface area is 234 Å². The van der Waals surface area contributed by atoms with Gasteiger partial charge in [-0.05, 0) is 55.2 Å². The van der Waals surface area contributed by atoms with Gasteiger partial charge in [0.1, 0.15) is 23.4 Å². The van der Waals surface area contributed by atoms with Crippen molar-refractivity contribution >= 4 is 17.7 Å². The summed E-state index contributed by atoms with van der Waals surface area (Å²) in [7, 11) is 1.59. The van der Waals surface area contributed by atoms with E-state index >= 15 is 8.78 Å². The molecule has 0 spiro atoms. The Hall–Kier alpha value is -4.16. The Morgan fingerprint density at radius 2 is 1.95 bits per heavy atom. The van der Waals surface area contributed by atoms with E-state index in [1.54, 1.807) is 18.0 Å². The summed E-state index contributed by atoms with van der Waals surface area (Å²) >= 11 is 0. The first kappa shape index (κ1) is 27.0. The van der Waals surface area contributed by atoms with E-state index in [1.807, 2.05) is 30.5 Å². The van der Waals surface area contributed by atoms with Crippen LogP contribution in [-0.4, -0.2) is 68.6 Å². The van der Waals surface area contributed by atoms with Gasteiger partial charge in [0.25, 0.3) is 5.91 Å². The standard InChI is InChI=1S/C29H29F2N5O5/c1-41-18-3-4-22(36-10-2-9-32-36)17(13-18)15-34-11-7-29(40,8-12-34)25-21(30)14-19-20(26(25)31)16-35(28(19)39)23-5-6-24(37)33-27(23)38/h2-4,9-10,13-14,23,40H,5-8,11-12,15-16H2,1H3,(H,33,37,38). The number of imide groups is 1. The zero-order chi connectivity index (χ0) is 28.9. The maximum atomic E-state index is 15.9. The summed E-state index contributed by atoms with van der Waals surface area (Å²) in [6, 6.07) is 7.51. The molecular weight excluding hydrogens is 536 g/mol. The van der Waals surface area contributed by atoms with E-state index < -0.39 is 46.6 Å². The second-order valence-electron chi connectivity index (χ2n) is 10.7. The van der Waals surface area contributed by atoms with Crippen LogP contribution in [0.3, 0.4) is 0 Å². The van der Waals surface area contributed by atoms with Crippen LogP contribution < -0.4 is 10.1 Å². The first-order chi connectivity index (χ1) is 19.7. The molecule has 10 nitrogen and oxygen atoms in total. The van der Waals surface area contributed by atoms with Crippen molar-refractivity contribution in [2.45, 2.75) is 50.4 Å². The lowest BCUT2D eigenvalue weighted by molar-refractivity contribution is -0.136. The van der Waals surface area contributed by atoms with Gasteiger partial charge in [-0.15, -0.1) is 0 Å². The molecule has 0 saturated carbocycles. The summed E-state index contributed by atoms with van der Waals surface area (Å²) in [5.41, 5.74) is -0.624. The summed E-state index contributed by atoms with van der Waals surface area (Å²) in [5.74, 6) is -3.02. The van der Waals surface area contributed by atoms with Crippen molar-refractivity contribution in [3.05, 3.63) is 76.6 Å². The van der Waals surface area contributed by atoms with E-state index in [0.717, 1.165) is 22.2 Å². The van der Waals surface area contributed by atoms with Crippen LogP contribution in [0, 0.1) is 11.6 Å².